The normalized spacial score (nSPS) is 12.2. The van der Waals surface area contributed by atoms with Crippen molar-refractivity contribution >= 4 is 24.3 Å². The molecular weight excluding hydrogens is 200 g/mol. The van der Waals surface area contributed by atoms with Crippen LogP contribution in [0.1, 0.15) is 19.8 Å². The number of amides is 1. The summed E-state index contributed by atoms with van der Waals surface area (Å²) in [5.74, 6) is -0.152. The Bertz CT molecular complexity index is 197. The zero-order valence-corrected chi connectivity index (χ0v) is 9.56. The van der Waals surface area contributed by atoms with Crippen molar-refractivity contribution in [3.05, 3.63) is 0 Å². The van der Waals surface area contributed by atoms with Gasteiger partial charge >= 0.3 is 0 Å². The quantitative estimate of drug-likeness (QED) is 0.527. The van der Waals surface area contributed by atoms with Gasteiger partial charge in [-0.25, -0.2) is 0 Å². The molecule has 0 saturated heterocycles. The van der Waals surface area contributed by atoms with E-state index in [1.165, 1.54) is 6.92 Å². The smallest absolute Gasteiger partial charge is 0.221 e. The van der Waals surface area contributed by atoms with Gasteiger partial charge in [0.1, 0.15) is 5.78 Å². The first-order valence-corrected chi connectivity index (χ1v) is 5.16. The third-order valence-corrected chi connectivity index (χ3v) is 2.12. The Kier molecular flexibility index (Phi) is 7.51. The lowest BCUT2D eigenvalue weighted by atomic mass is 10.2. The van der Waals surface area contributed by atoms with Gasteiger partial charge in [-0.05, 0) is 26.9 Å². The number of carbonyl (C=O) groups is 2. The fourth-order valence-electron chi connectivity index (χ4n) is 0.922. The Morgan fingerprint density at radius 2 is 2.07 bits per heavy atom. The Balaban J connectivity index is 3.55. The Morgan fingerprint density at radius 3 is 2.57 bits per heavy atom. The van der Waals surface area contributed by atoms with Crippen LogP contribution in [0.4, 0.5) is 0 Å². The van der Waals surface area contributed by atoms with Gasteiger partial charge in [-0.3, -0.25) is 9.59 Å². The lowest BCUT2D eigenvalue weighted by molar-refractivity contribution is -0.124. The minimum absolute atomic E-state index is 0.0377. The number of ketones is 1. The molecule has 0 aromatic heterocycles. The van der Waals surface area contributed by atoms with Crippen molar-refractivity contribution in [2.24, 2.45) is 0 Å². The van der Waals surface area contributed by atoms with E-state index in [0.29, 0.717) is 6.42 Å². The van der Waals surface area contributed by atoms with Crippen LogP contribution in [0.15, 0.2) is 0 Å². The van der Waals surface area contributed by atoms with Gasteiger partial charge in [0, 0.05) is 11.7 Å². The molecule has 0 spiro atoms. The number of hydrogen-bond acceptors (Lipinski definition) is 4. The molecule has 1 unspecified atom stereocenters. The van der Waals surface area contributed by atoms with E-state index in [2.05, 4.69) is 23.3 Å². The zero-order chi connectivity index (χ0) is 11.0. The van der Waals surface area contributed by atoms with E-state index in [1.807, 2.05) is 7.05 Å². The van der Waals surface area contributed by atoms with Gasteiger partial charge < -0.3 is 10.6 Å². The molecule has 2 N–H and O–H groups in total. The number of thiol groups is 1. The van der Waals surface area contributed by atoms with Crippen molar-refractivity contribution in [1.82, 2.24) is 10.6 Å². The van der Waals surface area contributed by atoms with E-state index in [4.69, 9.17) is 0 Å². The summed E-state index contributed by atoms with van der Waals surface area (Å²) in [6, 6.07) is 0. The Morgan fingerprint density at radius 1 is 1.43 bits per heavy atom. The first-order valence-electron chi connectivity index (χ1n) is 4.65. The van der Waals surface area contributed by atoms with E-state index >= 15 is 0 Å². The Labute approximate surface area is 90.2 Å². The van der Waals surface area contributed by atoms with Gasteiger partial charge in [-0.15, -0.1) is 0 Å². The molecule has 5 heteroatoms. The summed E-state index contributed by atoms with van der Waals surface area (Å²) in [6.45, 7) is 2.40. The van der Waals surface area contributed by atoms with Crippen molar-refractivity contribution in [3.63, 3.8) is 0 Å². The first-order chi connectivity index (χ1) is 6.56. The van der Waals surface area contributed by atoms with Crippen LogP contribution in [0.3, 0.4) is 0 Å². The van der Waals surface area contributed by atoms with E-state index in [1.54, 1.807) is 0 Å². The van der Waals surface area contributed by atoms with Crippen LogP contribution in [-0.2, 0) is 9.59 Å². The van der Waals surface area contributed by atoms with E-state index in [0.717, 1.165) is 13.0 Å². The highest BCUT2D eigenvalue weighted by Crippen LogP contribution is 2.05. The number of carbonyl (C=O) groups excluding carboxylic acids is 2. The minimum atomic E-state index is -0.115. The molecule has 0 bridgehead atoms. The van der Waals surface area contributed by atoms with Crippen LogP contribution < -0.4 is 10.6 Å². The second kappa shape index (κ2) is 7.82. The molecule has 0 rings (SSSR count). The third kappa shape index (κ3) is 8.07. The van der Waals surface area contributed by atoms with Gasteiger partial charge in [0.15, 0.2) is 0 Å². The molecule has 82 valence electrons. The molecule has 4 nitrogen and oxygen atoms in total. The molecule has 1 atom stereocenters. The predicted molar refractivity (Wildman–Crippen MR) is 59.6 cm³/mol. The molecule has 0 saturated carbocycles. The van der Waals surface area contributed by atoms with Crippen molar-refractivity contribution in [2.75, 3.05) is 20.1 Å². The lowest BCUT2D eigenvalue weighted by Crippen LogP contribution is -2.30. The predicted octanol–water partition coefficient (Wildman–Crippen LogP) is -0.0104. The van der Waals surface area contributed by atoms with Crippen LogP contribution >= 0.6 is 12.6 Å². The highest BCUT2D eigenvalue weighted by atomic mass is 32.1. The van der Waals surface area contributed by atoms with E-state index in [-0.39, 0.29) is 23.5 Å². The maximum absolute atomic E-state index is 11.2. The molecule has 0 aliphatic rings. The number of nitrogens with one attached hydrogen (secondary N) is 2. The fourth-order valence-corrected chi connectivity index (χ4v) is 1.22. The summed E-state index contributed by atoms with van der Waals surface area (Å²) in [5, 5.41) is 5.57. The first kappa shape index (κ1) is 13.4. The average Bonchev–Trinajstić information content (AvgIpc) is 2.11. The molecule has 0 aliphatic carbocycles. The van der Waals surface area contributed by atoms with Crippen LogP contribution in [0, 0.1) is 0 Å². The standard InChI is InChI=1S/C9H18N2O2S/c1-7(12)6-11-9(13)5-8(14)3-4-10-2/h8,10,14H,3-6H2,1-2H3,(H,11,13). The summed E-state index contributed by atoms with van der Waals surface area (Å²) < 4.78 is 0. The number of Topliss-reactive ketones (excluding diaryl/α,β-unsaturated/α-hetero) is 1. The highest BCUT2D eigenvalue weighted by Gasteiger charge is 2.09. The summed E-state index contributed by atoms with van der Waals surface area (Å²) >= 11 is 4.26. The van der Waals surface area contributed by atoms with Gasteiger partial charge in [0.05, 0.1) is 6.54 Å². The topological polar surface area (TPSA) is 58.2 Å². The Hall–Kier alpha value is -0.550. The van der Waals surface area contributed by atoms with Crippen LogP contribution in [0.5, 0.6) is 0 Å². The van der Waals surface area contributed by atoms with Gasteiger partial charge in [-0.1, -0.05) is 0 Å². The minimum Gasteiger partial charge on any atom is -0.349 e. The van der Waals surface area contributed by atoms with Crippen LogP contribution in [-0.4, -0.2) is 37.1 Å². The van der Waals surface area contributed by atoms with Crippen molar-refractivity contribution in [1.29, 1.82) is 0 Å². The summed E-state index contributed by atoms with van der Waals surface area (Å²) in [6.07, 6.45) is 1.20. The SMILES string of the molecule is CNCCC(S)CC(=O)NCC(C)=O. The zero-order valence-electron chi connectivity index (χ0n) is 8.67. The average molecular weight is 218 g/mol. The molecule has 0 heterocycles. The molecular formula is C9H18N2O2S. The third-order valence-electron chi connectivity index (χ3n) is 1.68. The lowest BCUT2D eigenvalue weighted by Gasteiger charge is -2.09. The van der Waals surface area contributed by atoms with Crippen LogP contribution in [0.2, 0.25) is 0 Å². The summed E-state index contributed by atoms with van der Waals surface area (Å²) in [4.78, 5) is 21.8. The van der Waals surface area contributed by atoms with E-state index < -0.39 is 0 Å². The number of rotatable bonds is 7. The van der Waals surface area contributed by atoms with Gasteiger partial charge in [0.25, 0.3) is 0 Å². The molecule has 0 aromatic rings. The maximum Gasteiger partial charge on any atom is 0.221 e. The molecule has 14 heavy (non-hydrogen) atoms. The van der Waals surface area contributed by atoms with Crippen molar-refractivity contribution in [2.45, 2.75) is 25.0 Å². The molecule has 0 radical (unpaired) electrons. The maximum atomic E-state index is 11.2. The fraction of sp³-hybridized carbons (Fsp3) is 0.778. The molecule has 1 amide bonds. The summed E-state index contributed by atoms with van der Waals surface area (Å²) in [7, 11) is 1.86. The molecule has 0 fully saturated rings. The second-order valence-electron chi connectivity index (χ2n) is 3.23. The largest absolute Gasteiger partial charge is 0.349 e. The van der Waals surface area contributed by atoms with Gasteiger partial charge in [-0.2, -0.15) is 12.6 Å². The monoisotopic (exact) mass is 218 g/mol. The van der Waals surface area contributed by atoms with Crippen molar-refractivity contribution < 1.29 is 9.59 Å². The highest BCUT2D eigenvalue weighted by molar-refractivity contribution is 7.81. The van der Waals surface area contributed by atoms with Gasteiger partial charge in [0.2, 0.25) is 5.91 Å². The summed E-state index contributed by atoms with van der Waals surface area (Å²) in [5.41, 5.74) is 0. The second-order valence-corrected chi connectivity index (χ2v) is 3.96. The molecule has 0 aromatic carbocycles. The van der Waals surface area contributed by atoms with Crippen molar-refractivity contribution in [3.8, 4) is 0 Å². The van der Waals surface area contributed by atoms with E-state index in [9.17, 15) is 9.59 Å². The molecule has 0 aliphatic heterocycles. The number of hydrogen-bond donors (Lipinski definition) is 3. The van der Waals surface area contributed by atoms with Crippen LogP contribution in [0.25, 0.3) is 0 Å².